The van der Waals surface area contributed by atoms with Gasteiger partial charge in [0.15, 0.2) is 5.79 Å². The number of halogens is 1. The molecule has 0 atom stereocenters. The zero-order valence-electron chi connectivity index (χ0n) is 20.0. The Morgan fingerprint density at radius 1 is 1.03 bits per heavy atom. The third-order valence-corrected chi connectivity index (χ3v) is 7.82. The quantitative estimate of drug-likeness (QED) is 0.559. The van der Waals surface area contributed by atoms with Crippen molar-refractivity contribution in [3.63, 3.8) is 0 Å². The van der Waals surface area contributed by atoms with E-state index in [1.807, 2.05) is 24.3 Å². The highest BCUT2D eigenvalue weighted by molar-refractivity contribution is 6.30. The summed E-state index contributed by atoms with van der Waals surface area (Å²) in [4.78, 5) is 0. The van der Waals surface area contributed by atoms with Crippen molar-refractivity contribution >= 4 is 11.6 Å². The lowest BCUT2D eigenvalue weighted by Gasteiger charge is -2.29. The van der Waals surface area contributed by atoms with Gasteiger partial charge < -0.3 is 19.5 Å². The summed E-state index contributed by atoms with van der Waals surface area (Å²) in [7, 11) is 1.70. The molecule has 7 nitrogen and oxygen atoms in total. The van der Waals surface area contributed by atoms with Crippen LogP contribution in [0.4, 0.5) is 0 Å². The van der Waals surface area contributed by atoms with E-state index in [4.69, 9.17) is 30.9 Å². The normalized spacial score (nSPS) is 23.0. The van der Waals surface area contributed by atoms with Crippen molar-refractivity contribution in [1.82, 2.24) is 20.1 Å². The summed E-state index contributed by atoms with van der Waals surface area (Å²) in [6.45, 7) is 2.07. The van der Waals surface area contributed by atoms with Crippen molar-refractivity contribution < 1.29 is 14.2 Å². The fraction of sp³-hybridized carbons (Fsp3) is 0.481. The monoisotopic (exact) mass is 494 g/mol. The molecule has 0 amide bonds. The van der Waals surface area contributed by atoms with Crippen LogP contribution in [0.3, 0.4) is 0 Å². The van der Waals surface area contributed by atoms with Gasteiger partial charge in [-0.2, -0.15) is 0 Å². The van der Waals surface area contributed by atoms with Gasteiger partial charge in [-0.25, -0.2) is 0 Å². The van der Waals surface area contributed by atoms with Gasteiger partial charge in [-0.05, 0) is 67.1 Å². The molecule has 0 radical (unpaired) electrons. The number of hydrogen-bond donors (Lipinski definition) is 1. The molecule has 1 spiro atoms. The predicted molar refractivity (Wildman–Crippen MR) is 133 cm³/mol. The highest BCUT2D eigenvalue weighted by Crippen LogP contribution is 2.39. The van der Waals surface area contributed by atoms with Gasteiger partial charge in [0.25, 0.3) is 0 Å². The van der Waals surface area contributed by atoms with E-state index < -0.39 is 5.79 Å². The van der Waals surface area contributed by atoms with Crippen LogP contribution in [-0.4, -0.2) is 46.9 Å². The molecule has 2 aliphatic heterocycles. The van der Waals surface area contributed by atoms with Crippen molar-refractivity contribution in [3.05, 3.63) is 70.3 Å². The number of methoxy groups -OCH3 is 1. The molecule has 6 rings (SSSR count). The Morgan fingerprint density at radius 3 is 2.54 bits per heavy atom. The Bertz CT molecular complexity index is 1180. The zero-order valence-corrected chi connectivity index (χ0v) is 20.8. The van der Waals surface area contributed by atoms with Gasteiger partial charge >= 0.3 is 0 Å². The third-order valence-electron chi connectivity index (χ3n) is 7.58. The smallest absolute Gasteiger partial charge is 0.179 e. The molecule has 1 aliphatic carbocycles. The minimum atomic E-state index is -0.680. The van der Waals surface area contributed by atoms with Crippen LogP contribution in [0.1, 0.15) is 54.4 Å². The van der Waals surface area contributed by atoms with Crippen LogP contribution in [0.15, 0.2) is 42.5 Å². The van der Waals surface area contributed by atoms with Crippen LogP contribution < -0.4 is 10.1 Å². The maximum atomic E-state index is 6.38. The number of nitrogens with one attached hydrogen (secondary N) is 1. The number of rotatable bonds is 5. The van der Waals surface area contributed by atoms with Crippen LogP contribution in [0.25, 0.3) is 5.69 Å². The summed E-state index contributed by atoms with van der Waals surface area (Å²) in [5.41, 5.74) is 3.49. The molecule has 2 fully saturated rings. The summed E-state index contributed by atoms with van der Waals surface area (Å²) in [6.07, 6.45) is 5.65. The maximum Gasteiger partial charge on any atom is 0.179 e. The molecule has 35 heavy (non-hydrogen) atoms. The van der Waals surface area contributed by atoms with Gasteiger partial charge in [-0.3, -0.25) is 4.57 Å². The van der Waals surface area contributed by atoms with Crippen LogP contribution in [0.5, 0.6) is 5.75 Å². The molecule has 2 aromatic carbocycles. The average Bonchev–Trinajstić information content (AvgIpc) is 3.48. The molecule has 3 heterocycles. The number of benzene rings is 2. The van der Waals surface area contributed by atoms with E-state index in [0.717, 1.165) is 65.9 Å². The summed E-state index contributed by atoms with van der Waals surface area (Å²) in [6, 6.07) is 14.8. The van der Waals surface area contributed by atoms with Crippen LogP contribution in [0.2, 0.25) is 5.02 Å². The molecule has 1 aromatic heterocycles. The zero-order chi connectivity index (χ0) is 23.8. The fourth-order valence-electron chi connectivity index (χ4n) is 5.74. The van der Waals surface area contributed by atoms with Gasteiger partial charge in [-0.1, -0.05) is 23.7 Å². The van der Waals surface area contributed by atoms with Crippen molar-refractivity contribution in [2.24, 2.45) is 0 Å². The molecule has 0 unspecified atom stereocenters. The van der Waals surface area contributed by atoms with Gasteiger partial charge in [0.05, 0.1) is 32.4 Å². The Labute approximate surface area is 210 Å². The van der Waals surface area contributed by atoms with Crippen LogP contribution in [0, 0.1) is 0 Å². The lowest BCUT2D eigenvalue weighted by atomic mass is 9.85. The standard InChI is InChI=1S/C27H31ClN4O3/c1-33-23-9-2-18(3-10-23)17-29-22-7-4-19(5-8-22)26-31-30-25-16-27(34-12-13-35-27)15-20-14-21(28)6-11-24(20)32(25)26/h2-3,6,9-11,14,19,22,29H,4-5,7-8,12-13,15-17H2,1H3/t19-,22-. The van der Waals surface area contributed by atoms with Crippen molar-refractivity contribution in [2.45, 2.75) is 62.8 Å². The Morgan fingerprint density at radius 2 is 1.80 bits per heavy atom. The number of ether oxygens (including phenoxy) is 3. The van der Waals surface area contributed by atoms with E-state index in [9.17, 15) is 0 Å². The Hall–Kier alpha value is -2.45. The SMILES string of the molecule is COc1ccc(CN[C@H]2CC[C@H](c3nnc4n3-c3ccc(Cl)cc3CC3(C4)OCCO3)CC2)cc1. The first-order valence-corrected chi connectivity index (χ1v) is 12.9. The second-order valence-corrected chi connectivity index (χ2v) is 10.3. The van der Waals surface area contributed by atoms with Gasteiger partial charge in [0.1, 0.15) is 17.4 Å². The summed E-state index contributed by atoms with van der Waals surface area (Å²) < 4.78 is 19.7. The van der Waals surface area contributed by atoms with Crippen molar-refractivity contribution in [2.75, 3.05) is 20.3 Å². The van der Waals surface area contributed by atoms with E-state index in [1.54, 1.807) is 7.11 Å². The molecular weight excluding hydrogens is 464 g/mol. The van der Waals surface area contributed by atoms with E-state index in [1.165, 1.54) is 5.56 Å². The summed E-state index contributed by atoms with van der Waals surface area (Å²) in [5.74, 6) is 2.54. The number of hydrogen-bond acceptors (Lipinski definition) is 6. The molecule has 8 heteroatoms. The highest BCUT2D eigenvalue weighted by Gasteiger charge is 2.42. The maximum absolute atomic E-state index is 6.38. The third kappa shape index (κ3) is 4.58. The fourth-order valence-corrected chi connectivity index (χ4v) is 5.94. The van der Waals surface area contributed by atoms with Gasteiger partial charge in [0.2, 0.25) is 0 Å². The first-order chi connectivity index (χ1) is 17.1. The van der Waals surface area contributed by atoms with Crippen LogP contribution in [-0.2, 0) is 28.9 Å². The lowest BCUT2D eigenvalue weighted by Crippen LogP contribution is -2.35. The lowest BCUT2D eigenvalue weighted by molar-refractivity contribution is -0.155. The molecule has 184 valence electrons. The average molecular weight is 495 g/mol. The van der Waals surface area contributed by atoms with Crippen molar-refractivity contribution in [3.8, 4) is 11.4 Å². The number of aromatic nitrogens is 3. The molecule has 0 bridgehead atoms. The van der Waals surface area contributed by atoms with E-state index in [2.05, 4.69) is 33.2 Å². The topological polar surface area (TPSA) is 70.4 Å². The Kier molecular flexibility index (Phi) is 6.26. The predicted octanol–water partition coefficient (Wildman–Crippen LogP) is 4.59. The second-order valence-electron chi connectivity index (χ2n) is 9.82. The Balaban J connectivity index is 1.18. The second kappa shape index (κ2) is 9.54. The number of fused-ring (bicyclic) bond motifs is 3. The largest absolute Gasteiger partial charge is 0.497 e. The molecule has 3 aliphatic rings. The molecule has 1 saturated heterocycles. The minimum Gasteiger partial charge on any atom is -0.497 e. The van der Waals surface area contributed by atoms with E-state index >= 15 is 0 Å². The van der Waals surface area contributed by atoms with Crippen molar-refractivity contribution in [1.29, 1.82) is 0 Å². The highest BCUT2D eigenvalue weighted by atomic mass is 35.5. The van der Waals surface area contributed by atoms with Gasteiger partial charge in [0, 0.05) is 29.9 Å². The van der Waals surface area contributed by atoms with E-state index in [0.29, 0.717) is 38.0 Å². The summed E-state index contributed by atoms with van der Waals surface area (Å²) >= 11 is 6.38. The molecule has 3 aromatic rings. The number of nitrogens with zero attached hydrogens (tertiary/aromatic N) is 3. The first-order valence-electron chi connectivity index (χ1n) is 12.5. The minimum absolute atomic E-state index is 0.373. The van der Waals surface area contributed by atoms with Gasteiger partial charge in [-0.15, -0.1) is 10.2 Å². The molecular formula is C27H31ClN4O3. The molecule has 1 saturated carbocycles. The first kappa shape index (κ1) is 23.0. The molecule has 1 N–H and O–H groups in total. The summed E-state index contributed by atoms with van der Waals surface area (Å²) in [5, 5.41) is 13.8. The van der Waals surface area contributed by atoms with Crippen LogP contribution >= 0.6 is 11.6 Å². The van der Waals surface area contributed by atoms with E-state index in [-0.39, 0.29) is 0 Å².